The Morgan fingerprint density at radius 3 is 2.48 bits per heavy atom. The molecule has 25 heavy (non-hydrogen) atoms. The molecule has 7 heteroatoms. The van der Waals surface area contributed by atoms with Gasteiger partial charge in [-0.15, -0.1) is 0 Å². The number of nitrogens with one attached hydrogen (secondary N) is 2. The van der Waals surface area contributed by atoms with Gasteiger partial charge in [-0.25, -0.2) is 4.98 Å². The lowest BCUT2D eigenvalue weighted by Gasteiger charge is -2.12. The summed E-state index contributed by atoms with van der Waals surface area (Å²) in [6.07, 6.45) is 4.83. The molecule has 0 saturated carbocycles. The van der Waals surface area contributed by atoms with Crippen LogP contribution in [0.4, 0.5) is 11.4 Å². The third-order valence-electron chi connectivity index (χ3n) is 3.59. The minimum Gasteiger partial charge on any atom is -0.334 e. The second-order valence-corrected chi connectivity index (χ2v) is 6.06. The normalized spacial score (nSPS) is 10.7. The van der Waals surface area contributed by atoms with E-state index in [1.54, 1.807) is 35.4 Å². The molecule has 1 aromatic carbocycles. The quantitative estimate of drug-likeness (QED) is 0.768. The maximum Gasteiger partial charge on any atom is 0.238 e. The van der Waals surface area contributed by atoms with Crippen molar-refractivity contribution in [1.29, 1.82) is 0 Å². The highest BCUT2D eigenvalue weighted by atomic mass is 16.2. The monoisotopic (exact) mass is 343 g/mol. The van der Waals surface area contributed by atoms with Crippen molar-refractivity contribution in [3.63, 3.8) is 0 Å². The SMILES string of the molecule is CCc1nccn1CCC(=O)Nc1cccc(NC(=O)CN(C)C)c1. The Morgan fingerprint density at radius 2 is 1.84 bits per heavy atom. The van der Waals surface area contributed by atoms with Crippen molar-refractivity contribution < 1.29 is 9.59 Å². The highest BCUT2D eigenvalue weighted by molar-refractivity contribution is 5.94. The van der Waals surface area contributed by atoms with Crippen LogP contribution in [0.5, 0.6) is 0 Å². The fourth-order valence-corrected chi connectivity index (χ4v) is 2.47. The van der Waals surface area contributed by atoms with Crippen LogP contribution in [-0.2, 0) is 22.6 Å². The van der Waals surface area contributed by atoms with Crippen molar-refractivity contribution in [3.05, 3.63) is 42.5 Å². The molecule has 2 N–H and O–H groups in total. The highest BCUT2D eigenvalue weighted by Crippen LogP contribution is 2.15. The van der Waals surface area contributed by atoms with Gasteiger partial charge in [-0.1, -0.05) is 13.0 Å². The molecule has 0 aliphatic carbocycles. The third-order valence-corrected chi connectivity index (χ3v) is 3.59. The summed E-state index contributed by atoms with van der Waals surface area (Å²) in [6, 6.07) is 7.14. The van der Waals surface area contributed by atoms with E-state index in [1.807, 2.05) is 31.8 Å². The number of benzene rings is 1. The first-order valence-corrected chi connectivity index (χ1v) is 8.32. The van der Waals surface area contributed by atoms with Gasteiger partial charge in [-0.2, -0.15) is 0 Å². The Morgan fingerprint density at radius 1 is 1.16 bits per heavy atom. The van der Waals surface area contributed by atoms with Crippen molar-refractivity contribution in [1.82, 2.24) is 14.5 Å². The van der Waals surface area contributed by atoms with E-state index in [2.05, 4.69) is 15.6 Å². The lowest BCUT2D eigenvalue weighted by molar-refractivity contribution is -0.117. The first-order valence-electron chi connectivity index (χ1n) is 8.32. The summed E-state index contributed by atoms with van der Waals surface area (Å²) in [4.78, 5) is 30.0. The van der Waals surface area contributed by atoms with Gasteiger partial charge >= 0.3 is 0 Å². The van der Waals surface area contributed by atoms with E-state index in [0.29, 0.717) is 30.9 Å². The Hall–Kier alpha value is -2.67. The van der Waals surface area contributed by atoms with E-state index < -0.39 is 0 Å². The zero-order valence-electron chi connectivity index (χ0n) is 15.0. The summed E-state index contributed by atoms with van der Waals surface area (Å²) in [5, 5.41) is 5.67. The van der Waals surface area contributed by atoms with E-state index in [0.717, 1.165) is 12.2 Å². The number of rotatable bonds is 8. The Labute approximate surface area is 148 Å². The van der Waals surface area contributed by atoms with Gasteiger partial charge < -0.3 is 20.1 Å². The molecule has 0 bridgehead atoms. The second-order valence-electron chi connectivity index (χ2n) is 6.06. The minimum absolute atomic E-state index is 0.0764. The Balaban J connectivity index is 1.88. The highest BCUT2D eigenvalue weighted by Gasteiger charge is 2.07. The van der Waals surface area contributed by atoms with Crippen molar-refractivity contribution in [3.8, 4) is 0 Å². The lowest BCUT2D eigenvalue weighted by Crippen LogP contribution is -2.27. The summed E-state index contributed by atoms with van der Waals surface area (Å²) in [5.41, 5.74) is 1.32. The smallest absolute Gasteiger partial charge is 0.238 e. The predicted molar refractivity (Wildman–Crippen MR) is 98.5 cm³/mol. The second kappa shape index (κ2) is 8.98. The number of aromatic nitrogens is 2. The van der Waals surface area contributed by atoms with Gasteiger partial charge in [0.2, 0.25) is 11.8 Å². The molecule has 2 amide bonds. The number of anilines is 2. The van der Waals surface area contributed by atoms with Crippen LogP contribution in [0, 0.1) is 0 Å². The van der Waals surface area contributed by atoms with Gasteiger partial charge in [0.25, 0.3) is 0 Å². The topological polar surface area (TPSA) is 79.3 Å². The maximum absolute atomic E-state index is 12.1. The van der Waals surface area contributed by atoms with Crippen LogP contribution in [0.25, 0.3) is 0 Å². The van der Waals surface area contributed by atoms with E-state index in [9.17, 15) is 9.59 Å². The average Bonchev–Trinajstić information content (AvgIpc) is 3.00. The summed E-state index contributed by atoms with van der Waals surface area (Å²) < 4.78 is 1.98. The number of hydrogen-bond acceptors (Lipinski definition) is 4. The molecule has 0 aliphatic rings. The van der Waals surface area contributed by atoms with Crippen LogP contribution >= 0.6 is 0 Å². The standard InChI is InChI=1S/C18H25N5O2/c1-4-16-19-9-11-23(16)10-8-17(24)20-14-6-5-7-15(12-14)21-18(25)13-22(2)3/h5-7,9,11-12H,4,8,10,13H2,1-3H3,(H,20,24)(H,21,25). The number of hydrogen-bond donors (Lipinski definition) is 2. The lowest BCUT2D eigenvalue weighted by atomic mass is 10.2. The predicted octanol–water partition coefficient (Wildman–Crippen LogP) is 1.97. The molecule has 0 fully saturated rings. The molecule has 2 rings (SSSR count). The van der Waals surface area contributed by atoms with Crippen LogP contribution in [0.1, 0.15) is 19.2 Å². The number of amides is 2. The van der Waals surface area contributed by atoms with Gasteiger partial charge in [0, 0.05) is 43.2 Å². The molecule has 2 aromatic rings. The number of aryl methyl sites for hydroxylation is 2. The number of likely N-dealkylation sites (N-methyl/N-ethyl adjacent to an activating group) is 1. The molecule has 0 unspecified atom stereocenters. The number of nitrogens with zero attached hydrogens (tertiary/aromatic N) is 3. The number of carbonyl (C=O) groups excluding carboxylic acids is 2. The number of carbonyl (C=O) groups is 2. The van der Waals surface area contributed by atoms with Crippen LogP contribution in [-0.4, -0.2) is 46.9 Å². The van der Waals surface area contributed by atoms with Crippen molar-refractivity contribution >= 4 is 23.2 Å². The largest absolute Gasteiger partial charge is 0.334 e. The summed E-state index contributed by atoms with van der Waals surface area (Å²) in [7, 11) is 3.67. The van der Waals surface area contributed by atoms with Crippen LogP contribution in [0.15, 0.2) is 36.7 Å². The molecule has 0 radical (unpaired) electrons. The molecule has 7 nitrogen and oxygen atoms in total. The molecule has 0 saturated heterocycles. The number of imidazole rings is 1. The van der Waals surface area contributed by atoms with Crippen molar-refractivity contribution in [2.75, 3.05) is 31.3 Å². The molecule has 1 aromatic heterocycles. The van der Waals surface area contributed by atoms with E-state index >= 15 is 0 Å². The first kappa shape index (κ1) is 18.7. The average molecular weight is 343 g/mol. The zero-order chi connectivity index (χ0) is 18.2. The minimum atomic E-state index is -0.0966. The molecular formula is C18H25N5O2. The first-order chi connectivity index (χ1) is 12.0. The van der Waals surface area contributed by atoms with E-state index in [1.165, 1.54) is 0 Å². The molecule has 1 heterocycles. The van der Waals surface area contributed by atoms with Crippen molar-refractivity contribution in [2.24, 2.45) is 0 Å². The summed E-state index contributed by atoms with van der Waals surface area (Å²) in [6.45, 7) is 2.94. The van der Waals surface area contributed by atoms with E-state index in [4.69, 9.17) is 0 Å². The zero-order valence-corrected chi connectivity index (χ0v) is 15.0. The van der Waals surface area contributed by atoms with Crippen molar-refractivity contribution in [2.45, 2.75) is 26.3 Å². The molecule has 0 spiro atoms. The molecular weight excluding hydrogens is 318 g/mol. The van der Waals surface area contributed by atoms with Crippen LogP contribution in [0.2, 0.25) is 0 Å². The summed E-state index contributed by atoms with van der Waals surface area (Å²) in [5.74, 6) is 0.798. The van der Waals surface area contributed by atoms with Gasteiger partial charge in [0.05, 0.1) is 6.54 Å². The molecule has 134 valence electrons. The van der Waals surface area contributed by atoms with Gasteiger partial charge in [0.1, 0.15) is 5.82 Å². The Bertz CT molecular complexity index is 724. The van der Waals surface area contributed by atoms with Gasteiger partial charge in [0.15, 0.2) is 0 Å². The fraction of sp³-hybridized carbons (Fsp3) is 0.389. The Kier molecular flexibility index (Phi) is 6.71. The molecule has 0 aliphatic heterocycles. The van der Waals surface area contributed by atoms with E-state index in [-0.39, 0.29) is 11.8 Å². The fourth-order valence-electron chi connectivity index (χ4n) is 2.47. The maximum atomic E-state index is 12.1. The molecule has 0 atom stereocenters. The third kappa shape index (κ3) is 6.04. The van der Waals surface area contributed by atoms with Gasteiger partial charge in [-0.05, 0) is 32.3 Å². The van der Waals surface area contributed by atoms with Gasteiger partial charge in [-0.3, -0.25) is 9.59 Å². The summed E-state index contributed by atoms with van der Waals surface area (Å²) >= 11 is 0. The van der Waals surface area contributed by atoms with Crippen LogP contribution in [0.3, 0.4) is 0 Å². The van der Waals surface area contributed by atoms with Crippen LogP contribution < -0.4 is 10.6 Å².